The average molecular weight is 1250 g/mol. The number of unbranched alkanes of at least 4 members (excludes halogenated alkanes) is 40. The molecule has 3 rings (SSSR count). The van der Waals surface area contributed by atoms with E-state index in [1.165, 1.54) is 218 Å². The van der Waals surface area contributed by atoms with Gasteiger partial charge in [0.15, 0.2) is 18.9 Å². The lowest BCUT2D eigenvalue weighted by Crippen LogP contribution is -2.66. The Hall–Kier alpha value is -1.21. The number of hydrogen-bond acceptors (Lipinski definition) is 18. The predicted octanol–water partition coefficient (Wildman–Crippen LogP) is 9.50. The SMILES string of the molecule is CCCCCCCCCCCCCCCCCCCCCCCCCCCCC(O)C(COC1OC(CO)C(OC2OC(CO)C(OC3OC(CO)C(O)C(O)C3O)C(O)C2O)C(O)C1O)NC(=O)CCCCCCCCCCCCCCCCCC. The van der Waals surface area contributed by atoms with Gasteiger partial charge in [0, 0.05) is 6.42 Å². The maximum Gasteiger partial charge on any atom is 0.220 e. The third kappa shape index (κ3) is 33.5. The molecule has 0 saturated carbocycles. The molecule has 3 aliphatic heterocycles. The molecule has 17 atom stereocenters. The minimum Gasteiger partial charge on any atom is -0.394 e. The van der Waals surface area contributed by atoms with Crippen LogP contribution in [0.3, 0.4) is 0 Å². The summed E-state index contributed by atoms with van der Waals surface area (Å²) in [5.41, 5.74) is 0. The van der Waals surface area contributed by atoms with Crippen molar-refractivity contribution in [2.75, 3.05) is 26.4 Å². The van der Waals surface area contributed by atoms with Crippen molar-refractivity contribution in [1.82, 2.24) is 5.32 Å². The molecule has 0 aromatic heterocycles. The Morgan fingerprint density at radius 3 is 1.00 bits per heavy atom. The van der Waals surface area contributed by atoms with Crippen LogP contribution in [0, 0.1) is 0 Å². The second kappa shape index (κ2) is 51.2. The molecular weight excluding hydrogens is 1120 g/mol. The maximum absolute atomic E-state index is 13.4. The zero-order chi connectivity index (χ0) is 63.3. The first-order valence-electron chi connectivity index (χ1n) is 35.8. The summed E-state index contributed by atoms with van der Waals surface area (Å²) in [6, 6.07) is -0.881. The van der Waals surface area contributed by atoms with Crippen molar-refractivity contribution in [1.29, 1.82) is 0 Å². The standard InChI is InChI=1S/C68H131NO18/c1-3-5-7-9-11-13-15-17-19-21-22-23-24-25-26-27-28-29-30-31-33-35-37-39-41-43-45-52(73)51(69-56(74)46-44-42-40-38-36-34-32-20-18-16-14-12-10-8-6-4-2)50-82-66-62(80)59(77)64(54(48-71)84-66)87-68-63(81)60(78)65(55(49-72)85-68)86-67-61(79)58(76)57(75)53(47-70)83-67/h51-55,57-68,70-73,75-81H,3-50H2,1-2H3,(H,69,74). The van der Waals surface area contributed by atoms with E-state index < -0.39 is 124 Å². The van der Waals surface area contributed by atoms with Gasteiger partial charge < -0.3 is 89.9 Å². The van der Waals surface area contributed by atoms with Crippen LogP contribution in [0.25, 0.3) is 0 Å². The van der Waals surface area contributed by atoms with Crippen molar-refractivity contribution in [2.24, 2.45) is 0 Å². The highest BCUT2D eigenvalue weighted by molar-refractivity contribution is 5.76. The lowest BCUT2D eigenvalue weighted by atomic mass is 9.96. The molecule has 87 heavy (non-hydrogen) atoms. The molecule has 0 radical (unpaired) electrons. The van der Waals surface area contributed by atoms with Crippen LogP contribution in [0.1, 0.15) is 296 Å². The van der Waals surface area contributed by atoms with Crippen LogP contribution < -0.4 is 5.32 Å². The fourth-order valence-electron chi connectivity index (χ4n) is 12.6. The van der Waals surface area contributed by atoms with E-state index >= 15 is 0 Å². The van der Waals surface area contributed by atoms with Gasteiger partial charge in [-0.25, -0.2) is 0 Å². The topological polar surface area (TPSA) is 307 Å². The van der Waals surface area contributed by atoms with Crippen LogP contribution in [0.15, 0.2) is 0 Å². The van der Waals surface area contributed by atoms with E-state index in [0.717, 1.165) is 44.9 Å². The summed E-state index contributed by atoms with van der Waals surface area (Å²) >= 11 is 0. The molecule has 19 nitrogen and oxygen atoms in total. The predicted molar refractivity (Wildman–Crippen MR) is 337 cm³/mol. The van der Waals surface area contributed by atoms with Crippen molar-refractivity contribution in [3.8, 4) is 0 Å². The van der Waals surface area contributed by atoms with Gasteiger partial charge in [-0.2, -0.15) is 0 Å². The molecule has 19 heteroatoms. The summed E-state index contributed by atoms with van der Waals surface area (Å²) in [6.45, 7) is 1.84. The highest BCUT2D eigenvalue weighted by Crippen LogP contribution is 2.33. The molecule has 1 amide bonds. The van der Waals surface area contributed by atoms with Crippen LogP contribution >= 0.6 is 0 Å². The Balaban J connectivity index is 1.41. The lowest BCUT2D eigenvalue weighted by Gasteiger charge is -2.48. The number of nitrogens with one attached hydrogen (secondary N) is 1. The molecule has 3 fully saturated rings. The number of rotatable bonds is 56. The van der Waals surface area contributed by atoms with Gasteiger partial charge >= 0.3 is 0 Å². The first-order chi connectivity index (χ1) is 42.3. The number of ether oxygens (including phenoxy) is 6. The van der Waals surface area contributed by atoms with E-state index in [4.69, 9.17) is 28.4 Å². The molecule has 12 N–H and O–H groups in total. The van der Waals surface area contributed by atoms with Crippen molar-refractivity contribution < 1.29 is 89.4 Å². The van der Waals surface area contributed by atoms with Gasteiger partial charge in [-0.1, -0.05) is 277 Å². The minimum absolute atomic E-state index is 0.236. The minimum atomic E-state index is -1.97. The van der Waals surface area contributed by atoms with E-state index in [0.29, 0.717) is 12.8 Å². The largest absolute Gasteiger partial charge is 0.394 e. The molecule has 3 aliphatic rings. The highest BCUT2D eigenvalue weighted by atomic mass is 16.8. The quantitative estimate of drug-likeness (QED) is 0.0252. The third-order valence-corrected chi connectivity index (χ3v) is 18.4. The number of carbonyl (C=O) groups excluding carboxylic acids is 1. The van der Waals surface area contributed by atoms with Gasteiger partial charge in [-0.05, 0) is 12.8 Å². The molecular formula is C68H131NO18. The molecule has 0 bridgehead atoms. The Morgan fingerprint density at radius 1 is 0.368 bits per heavy atom. The van der Waals surface area contributed by atoms with Crippen LogP contribution in [0.4, 0.5) is 0 Å². The van der Waals surface area contributed by atoms with Gasteiger partial charge in [0.1, 0.15) is 73.2 Å². The van der Waals surface area contributed by atoms with E-state index in [-0.39, 0.29) is 18.9 Å². The first-order valence-corrected chi connectivity index (χ1v) is 35.8. The number of carbonyl (C=O) groups is 1. The van der Waals surface area contributed by atoms with E-state index in [9.17, 15) is 61.0 Å². The van der Waals surface area contributed by atoms with Gasteiger partial charge in [0.25, 0.3) is 0 Å². The van der Waals surface area contributed by atoms with Crippen LogP contribution in [0.2, 0.25) is 0 Å². The van der Waals surface area contributed by atoms with Crippen molar-refractivity contribution >= 4 is 5.91 Å². The number of hydrogen-bond donors (Lipinski definition) is 12. The van der Waals surface area contributed by atoms with Crippen LogP contribution in [-0.2, 0) is 33.2 Å². The number of aliphatic hydroxyl groups excluding tert-OH is 11. The monoisotopic (exact) mass is 1250 g/mol. The van der Waals surface area contributed by atoms with E-state index in [1.54, 1.807) is 0 Å². The molecule has 0 aromatic carbocycles. The second-order valence-electron chi connectivity index (χ2n) is 26.1. The smallest absolute Gasteiger partial charge is 0.220 e. The molecule has 516 valence electrons. The zero-order valence-electron chi connectivity index (χ0n) is 54.5. The van der Waals surface area contributed by atoms with Gasteiger partial charge in [0.2, 0.25) is 5.91 Å². The molecule has 0 aromatic rings. The summed E-state index contributed by atoms with van der Waals surface area (Å²) in [6.07, 6.45) is 27.6. The Morgan fingerprint density at radius 2 is 0.655 bits per heavy atom. The van der Waals surface area contributed by atoms with E-state index in [2.05, 4.69) is 19.2 Å². The zero-order valence-corrected chi connectivity index (χ0v) is 54.5. The summed E-state index contributed by atoms with van der Waals surface area (Å²) in [4.78, 5) is 13.4. The fraction of sp³-hybridized carbons (Fsp3) is 0.985. The normalized spacial score (nSPS) is 28.5. The lowest BCUT2D eigenvalue weighted by molar-refractivity contribution is -0.379. The molecule has 17 unspecified atom stereocenters. The summed E-state index contributed by atoms with van der Waals surface area (Å²) in [5.74, 6) is -0.236. The summed E-state index contributed by atoms with van der Waals surface area (Å²) in [5, 5.41) is 121. The Kier molecular flexibility index (Phi) is 47.1. The Labute approximate surface area is 525 Å². The van der Waals surface area contributed by atoms with Crippen LogP contribution in [0.5, 0.6) is 0 Å². The summed E-state index contributed by atoms with van der Waals surface area (Å²) < 4.78 is 34.4. The molecule has 3 heterocycles. The number of aliphatic hydroxyl groups is 11. The Bertz CT molecular complexity index is 1590. The maximum atomic E-state index is 13.4. The molecule has 0 aliphatic carbocycles. The van der Waals surface area contributed by atoms with Crippen molar-refractivity contribution in [2.45, 2.75) is 401 Å². The average Bonchev–Trinajstić information content (AvgIpc) is 1.14. The molecule has 3 saturated heterocycles. The summed E-state index contributed by atoms with van der Waals surface area (Å²) in [7, 11) is 0. The van der Waals surface area contributed by atoms with Gasteiger partial charge in [0.05, 0.1) is 38.6 Å². The second-order valence-corrected chi connectivity index (χ2v) is 26.1. The van der Waals surface area contributed by atoms with Crippen LogP contribution in [-0.4, -0.2) is 193 Å². The molecule has 0 spiro atoms. The highest BCUT2D eigenvalue weighted by Gasteiger charge is 2.53. The van der Waals surface area contributed by atoms with Gasteiger partial charge in [-0.3, -0.25) is 4.79 Å². The van der Waals surface area contributed by atoms with E-state index in [1.807, 2.05) is 0 Å². The number of amides is 1. The first kappa shape index (κ1) is 80.0. The fourth-order valence-corrected chi connectivity index (χ4v) is 12.6. The third-order valence-electron chi connectivity index (χ3n) is 18.4. The van der Waals surface area contributed by atoms with Crippen molar-refractivity contribution in [3.05, 3.63) is 0 Å². The van der Waals surface area contributed by atoms with Gasteiger partial charge in [-0.15, -0.1) is 0 Å². The van der Waals surface area contributed by atoms with Crippen molar-refractivity contribution in [3.63, 3.8) is 0 Å².